The summed E-state index contributed by atoms with van der Waals surface area (Å²) in [6, 6.07) is 0. The fourth-order valence-electron chi connectivity index (χ4n) is 7.48. The molecular weight excluding hydrogens is 378 g/mol. The van der Waals surface area contributed by atoms with E-state index in [9.17, 15) is 15.3 Å². The number of hydrogen-bond acceptors (Lipinski definition) is 4. The second-order valence-corrected chi connectivity index (χ2v) is 12.1. The van der Waals surface area contributed by atoms with Crippen LogP contribution in [0, 0.1) is 40.4 Å². The summed E-state index contributed by atoms with van der Waals surface area (Å²) >= 11 is 0. The first-order valence-electron chi connectivity index (χ1n) is 10.3. The van der Waals surface area contributed by atoms with Gasteiger partial charge in [-0.05, 0) is 53.4 Å². The molecule has 27 heavy (non-hydrogen) atoms. The van der Waals surface area contributed by atoms with Crippen molar-refractivity contribution in [2.24, 2.45) is 40.4 Å². The van der Waals surface area contributed by atoms with Crippen LogP contribution in [0.1, 0.15) is 54.4 Å². The van der Waals surface area contributed by atoms with Gasteiger partial charge in [0, 0.05) is 20.8 Å². The highest BCUT2D eigenvalue weighted by molar-refractivity contribution is 8.00. The highest BCUT2D eigenvalue weighted by Gasteiger charge is 2.74. The largest absolute Gasteiger partial charge is 0.389 e. The Labute approximate surface area is 167 Å². The topological polar surface area (TPSA) is 69.9 Å². The zero-order valence-electron chi connectivity index (χ0n) is 17.4. The predicted octanol–water partition coefficient (Wildman–Crippen LogP) is 3.51. The molecule has 0 heterocycles. The molecule has 0 spiro atoms. The molecule has 0 radical (unpaired) electrons. The van der Waals surface area contributed by atoms with Gasteiger partial charge in [-0.3, -0.25) is 0 Å². The molecule has 0 saturated heterocycles. The lowest BCUT2D eigenvalue weighted by Crippen LogP contribution is -2.50. The van der Waals surface area contributed by atoms with Gasteiger partial charge in [0.25, 0.3) is 0 Å². The molecule has 4 aliphatic carbocycles. The van der Waals surface area contributed by atoms with E-state index in [0.29, 0.717) is 17.8 Å². The first-order chi connectivity index (χ1) is 12.3. The normalized spacial score (nSPS) is 59.0. The smallest absolute Gasteiger partial charge is 0.115 e. The third-order valence-electron chi connectivity index (χ3n) is 9.04. The van der Waals surface area contributed by atoms with Gasteiger partial charge < -0.3 is 19.8 Å². The van der Waals surface area contributed by atoms with Crippen LogP contribution < -0.4 is 0 Å². The van der Waals surface area contributed by atoms with Crippen LogP contribution >= 0.6 is 17.4 Å². The van der Waals surface area contributed by atoms with Gasteiger partial charge in [0.05, 0.1) is 17.8 Å². The van der Waals surface area contributed by atoms with E-state index in [1.807, 2.05) is 13.0 Å². The zero-order valence-corrected chi connectivity index (χ0v) is 19.5. The van der Waals surface area contributed by atoms with Crippen LogP contribution in [0.25, 0.3) is 0 Å². The Morgan fingerprint density at radius 1 is 1.15 bits per heavy atom. The minimum Gasteiger partial charge on any atom is -0.389 e. The van der Waals surface area contributed by atoms with Crippen LogP contribution in [0.4, 0.5) is 0 Å². The van der Waals surface area contributed by atoms with Crippen LogP contribution in [0.15, 0.2) is 11.6 Å². The van der Waals surface area contributed by atoms with Gasteiger partial charge in [0.1, 0.15) is 5.60 Å². The molecule has 4 rings (SSSR count). The van der Waals surface area contributed by atoms with Crippen molar-refractivity contribution in [3.8, 4) is 0 Å². The maximum absolute atomic E-state index is 11.8. The number of fused-ring (bicyclic) bond motifs is 5. The molecule has 3 saturated carbocycles. The molecule has 0 aromatic heterocycles. The number of hydrogen-bond donors (Lipinski definition) is 3. The monoisotopic (exact) mass is 414 g/mol. The fraction of sp³-hybridized carbons (Fsp3) is 0.905. The average molecular weight is 414 g/mol. The Balaban J connectivity index is 1.94. The van der Waals surface area contributed by atoms with E-state index in [-0.39, 0.29) is 43.7 Å². The van der Waals surface area contributed by atoms with Crippen LogP contribution in [0.2, 0.25) is 0 Å². The lowest BCUT2D eigenvalue weighted by molar-refractivity contribution is -0.105. The SMILES string of the molecule is C[C@H]1[C@@H](OPP)[C@H]2[C@@H]3[C@@H](C[C@@H](C)[C@]2(C)C2=C[C@@](C)(O)C[C@@]2(O)[C@@H]1O)C3(C)C. The summed E-state index contributed by atoms with van der Waals surface area (Å²) < 4.78 is 6.31. The van der Waals surface area contributed by atoms with Crippen molar-refractivity contribution in [1.29, 1.82) is 0 Å². The van der Waals surface area contributed by atoms with Crippen molar-refractivity contribution in [3.63, 3.8) is 0 Å². The van der Waals surface area contributed by atoms with Crippen molar-refractivity contribution in [3.05, 3.63) is 11.6 Å². The van der Waals surface area contributed by atoms with E-state index in [2.05, 4.69) is 36.6 Å². The quantitative estimate of drug-likeness (QED) is 0.478. The standard InChI is InChI=1S/C21H36O4P2/c1-10-7-12-14(18(12,3)4)15-16(25-27-26)11(2)17(22)21(24)9-19(5,23)8-13(21)20(10,15)6/h8,10-12,14-17,22-24,27H,7,9,26H2,1-6H3/t10-,11+,12-,14+,15-,16-,17-,19-,20-,21+/m1/s1. The van der Waals surface area contributed by atoms with Crippen LogP contribution in [0.3, 0.4) is 0 Å². The predicted molar refractivity (Wildman–Crippen MR) is 112 cm³/mol. The van der Waals surface area contributed by atoms with E-state index in [0.717, 1.165) is 12.0 Å². The lowest BCUT2D eigenvalue weighted by Gasteiger charge is -2.50. The molecule has 3 N–H and O–H groups in total. The summed E-state index contributed by atoms with van der Waals surface area (Å²) in [6.45, 7) is 13.0. The maximum Gasteiger partial charge on any atom is 0.115 e. The van der Waals surface area contributed by atoms with Crippen molar-refractivity contribution < 1.29 is 19.8 Å². The molecule has 154 valence electrons. The summed E-state index contributed by atoms with van der Waals surface area (Å²) in [5, 5.41) is 33.9. The highest BCUT2D eigenvalue weighted by Crippen LogP contribution is 2.76. The van der Waals surface area contributed by atoms with Crippen molar-refractivity contribution >= 4 is 17.4 Å². The molecule has 0 aliphatic heterocycles. The number of rotatable bonds is 2. The van der Waals surface area contributed by atoms with Gasteiger partial charge in [-0.1, -0.05) is 49.6 Å². The maximum atomic E-state index is 11.8. The Hall–Kier alpha value is 0.440. The van der Waals surface area contributed by atoms with Crippen molar-refractivity contribution in [2.75, 3.05) is 0 Å². The van der Waals surface area contributed by atoms with E-state index >= 15 is 0 Å². The van der Waals surface area contributed by atoms with Gasteiger partial charge in [-0.25, -0.2) is 0 Å². The molecule has 3 fully saturated rings. The second kappa shape index (κ2) is 5.99. The summed E-state index contributed by atoms with van der Waals surface area (Å²) in [6.07, 6.45) is 2.11. The van der Waals surface area contributed by atoms with Crippen LogP contribution in [0.5, 0.6) is 0 Å². The van der Waals surface area contributed by atoms with E-state index in [1.54, 1.807) is 6.92 Å². The first kappa shape index (κ1) is 20.7. The Kier molecular flexibility index (Phi) is 4.59. The molecular formula is C21H36O4P2. The molecule has 0 aromatic rings. The third kappa shape index (κ3) is 2.57. The molecule has 0 bridgehead atoms. The van der Waals surface area contributed by atoms with Gasteiger partial charge >= 0.3 is 0 Å². The first-order valence-corrected chi connectivity index (χ1v) is 13.0. The minimum atomic E-state index is -1.39. The van der Waals surface area contributed by atoms with Crippen molar-refractivity contribution in [1.82, 2.24) is 0 Å². The van der Waals surface area contributed by atoms with Gasteiger partial charge in [-0.2, -0.15) is 0 Å². The molecule has 12 atom stereocenters. The Bertz CT molecular complexity index is 677. The van der Waals surface area contributed by atoms with E-state index in [1.165, 1.54) is 0 Å². The van der Waals surface area contributed by atoms with E-state index in [4.69, 9.17) is 4.52 Å². The van der Waals surface area contributed by atoms with Crippen molar-refractivity contribution in [2.45, 2.75) is 77.8 Å². The van der Waals surface area contributed by atoms with Gasteiger partial charge in [-0.15, -0.1) is 0 Å². The third-order valence-corrected chi connectivity index (χ3v) is 9.86. The summed E-state index contributed by atoms with van der Waals surface area (Å²) in [5.41, 5.74) is -1.67. The van der Waals surface area contributed by atoms with Crippen LogP contribution in [-0.2, 0) is 4.52 Å². The highest BCUT2D eigenvalue weighted by atomic mass is 32.0. The number of aliphatic hydroxyl groups is 3. The average Bonchev–Trinajstić information content (AvgIpc) is 2.97. The lowest BCUT2D eigenvalue weighted by atomic mass is 9.55. The summed E-state index contributed by atoms with van der Waals surface area (Å²) in [5.74, 6) is 1.58. The summed E-state index contributed by atoms with van der Waals surface area (Å²) in [4.78, 5) is 0. The second-order valence-electron chi connectivity index (χ2n) is 10.9. The fourth-order valence-corrected chi connectivity index (χ4v) is 8.47. The molecule has 0 amide bonds. The molecule has 0 aromatic carbocycles. The molecule has 4 aliphatic rings. The summed E-state index contributed by atoms with van der Waals surface area (Å²) in [7, 11) is 2.95. The number of aliphatic hydroxyl groups excluding tert-OH is 1. The van der Waals surface area contributed by atoms with Gasteiger partial charge in [0.15, 0.2) is 0 Å². The Morgan fingerprint density at radius 3 is 2.37 bits per heavy atom. The van der Waals surface area contributed by atoms with Crippen LogP contribution in [-0.4, -0.2) is 38.7 Å². The van der Waals surface area contributed by atoms with Gasteiger partial charge in [0.2, 0.25) is 0 Å². The molecule has 6 heteroatoms. The molecule has 2 unspecified atom stereocenters. The zero-order chi connectivity index (χ0) is 20.2. The van der Waals surface area contributed by atoms with E-state index < -0.39 is 17.3 Å². The Morgan fingerprint density at radius 2 is 1.78 bits per heavy atom. The minimum absolute atomic E-state index is 0.0988. The molecule has 4 nitrogen and oxygen atoms in total.